The number of rotatable bonds is 6. The molecule has 0 aliphatic rings. The molecule has 1 nitrogen and oxygen atoms in total. The molecule has 0 radical (unpaired) electrons. The molecule has 0 aromatic heterocycles. The fraction of sp³-hybridized carbons (Fsp3) is 0.538. The zero-order valence-electron chi connectivity index (χ0n) is 9.45. The van der Waals surface area contributed by atoms with Gasteiger partial charge in [0.15, 0.2) is 0 Å². The van der Waals surface area contributed by atoms with E-state index in [4.69, 9.17) is 4.74 Å². The largest absolute Gasteiger partial charge is 0.373 e. The van der Waals surface area contributed by atoms with Crippen LogP contribution in [0.1, 0.15) is 31.9 Å². The van der Waals surface area contributed by atoms with Gasteiger partial charge in [-0.25, -0.2) is 0 Å². The maximum absolute atomic E-state index is 5.84. The van der Waals surface area contributed by atoms with Crippen molar-refractivity contribution in [2.45, 2.75) is 26.4 Å². The van der Waals surface area contributed by atoms with Gasteiger partial charge in [0.2, 0.25) is 0 Å². The van der Waals surface area contributed by atoms with Crippen molar-refractivity contribution in [3.8, 4) is 0 Å². The molecule has 0 saturated carbocycles. The summed E-state index contributed by atoms with van der Waals surface area (Å²) in [5, 5.41) is 0.856. The highest BCUT2D eigenvalue weighted by Crippen LogP contribution is 2.20. The van der Waals surface area contributed by atoms with Gasteiger partial charge in [-0.15, -0.1) is 0 Å². The highest BCUT2D eigenvalue weighted by molar-refractivity contribution is 9.09. The van der Waals surface area contributed by atoms with E-state index in [9.17, 15) is 0 Å². The number of benzene rings is 1. The average Bonchev–Trinajstić information content (AvgIpc) is 2.25. The topological polar surface area (TPSA) is 9.23 Å². The Hall–Kier alpha value is -0.340. The predicted octanol–water partition coefficient (Wildman–Crippen LogP) is 4.19. The van der Waals surface area contributed by atoms with Crippen molar-refractivity contribution in [3.63, 3.8) is 0 Å². The van der Waals surface area contributed by atoms with Gasteiger partial charge in [-0.1, -0.05) is 60.1 Å². The van der Waals surface area contributed by atoms with Crippen LogP contribution < -0.4 is 0 Å². The second kappa shape index (κ2) is 7.02. The summed E-state index contributed by atoms with van der Waals surface area (Å²) in [6.07, 6.45) is 1.31. The van der Waals surface area contributed by atoms with E-state index >= 15 is 0 Å². The average molecular weight is 271 g/mol. The molecule has 1 aromatic rings. The minimum absolute atomic E-state index is 0.185. The zero-order chi connectivity index (χ0) is 11.1. The number of hydrogen-bond acceptors (Lipinski definition) is 1. The second-order valence-electron chi connectivity index (χ2n) is 4.11. The van der Waals surface area contributed by atoms with Crippen molar-refractivity contribution in [3.05, 3.63) is 35.9 Å². The lowest BCUT2D eigenvalue weighted by Crippen LogP contribution is -2.08. The lowest BCUT2D eigenvalue weighted by Gasteiger charge is -2.16. The summed E-state index contributed by atoms with van der Waals surface area (Å²) >= 11 is 3.49. The van der Waals surface area contributed by atoms with Crippen molar-refractivity contribution in [2.75, 3.05) is 11.9 Å². The first-order chi connectivity index (χ1) is 7.24. The molecule has 0 fully saturated rings. The van der Waals surface area contributed by atoms with Gasteiger partial charge in [-0.2, -0.15) is 0 Å². The van der Waals surface area contributed by atoms with E-state index in [1.54, 1.807) is 0 Å². The summed E-state index contributed by atoms with van der Waals surface area (Å²) in [5.74, 6) is 0.705. The molecule has 0 spiro atoms. The van der Waals surface area contributed by atoms with E-state index in [1.165, 1.54) is 5.56 Å². The van der Waals surface area contributed by atoms with Crippen LogP contribution in [0.5, 0.6) is 0 Å². The highest BCUT2D eigenvalue weighted by Gasteiger charge is 2.09. The molecule has 0 aliphatic heterocycles. The molecule has 0 saturated heterocycles. The van der Waals surface area contributed by atoms with Crippen LogP contribution in [0.15, 0.2) is 30.3 Å². The second-order valence-corrected chi connectivity index (χ2v) is 4.75. The van der Waals surface area contributed by atoms with Gasteiger partial charge >= 0.3 is 0 Å². The molecular formula is C13H19BrO. The van der Waals surface area contributed by atoms with Crippen molar-refractivity contribution in [2.24, 2.45) is 5.92 Å². The first-order valence-electron chi connectivity index (χ1n) is 5.46. The number of hydrogen-bond donors (Lipinski definition) is 0. The van der Waals surface area contributed by atoms with Crippen LogP contribution in [0.3, 0.4) is 0 Å². The Morgan fingerprint density at radius 1 is 1.20 bits per heavy atom. The molecule has 0 aliphatic carbocycles. The zero-order valence-corrected chi connectivity index (χ0v) is 11.0. The molecule has 1 atom stereocenters. The smallest absolute Gasteiger partial charge is 0.0921 e. The van der Waals surface area contributed by atoms with Gasteiger partial charge in [0.05, 0.1) is 6.10 Å². The van der Waals surface area contributed by atoms with Gasteiger partial charge in [0.25, 0.3) is 0 Å². The summed E-state index contributed by atoms with van der Waals surface area (Å²) in [7, 11) is 0. The minimum Gasteiger partial charge on any atom is -0.373 e. The maximum Gasteiger partial charge on any atom is 0.0921 e. The molecule has 0 amide bonds. The Balaban J connectivity index is 2.43. The monoisotopic (exact) mass is 270 g/mol. The van der Waals surface area contributed by atoms with Crippen LogP contribution in [0, 0.1) is 5.92 Å². The van der Waals surface area contributed by atoms with E-state index in [0.29, 0.717) is 5.92 Å². The van der Waals surface area contributed by atoms with E-state index in [-0.39, 0.29) is 6.10 Å². The van der Waals surface area contributed by atoms with Crippen molar-refractivity contribution >= 4 is 15.9 Å². The van der Waals surface area contributed by atoms with E-state index in [1.807, 2.05) is 6.07 Å². The van der Waals surface area contributed by atoms with E-state index in [2.05, 4.69) is 54.0 Å². The third kappa shape index (κ3) is 4.80. The van der Waals surface area contributed by atoms with Crippen molar-refractivity contribution in [1.29, 1.82) is 0 Å². The maximum atomic E-state index is 5.84. The van der Waals surface area contributed by atoms with Gasteiger partial charge in [0.1, 0.15) is 0 Å². The predicted molar refractivity (Wildman–Crippen MR) is 68.4 cm³/mol. The van der Waals surface area contributed by atoms with E-state index < -0.39 is 0 Å². The number of alkyl halides is 1. The normalized spacial score (nSPS) is 13.1. The van der Waals surface area contributed by atoms with Crippen LogP contribution in [-0.2, 0) is 4.74 Å². The molecule has 0 heterocycles. The molecule has 0 N–H and O–H groups in total. The van der Waals surface area contributed by atoms with E-state index in [0.717, 1.165) is 18.4 Å². The Bertz CT molecular complexity index is 258. The molecule has 2 heteroatoms. The Morgan fingerprint density at radius 3 is 2.40 bits per heavy atom. The summed E-state index contributed by atoms with van der Waals surface area (Å²) in [6, 6.07) is 10.4. The standard InChI is InChI=1S/C13H19BrO/c1-11(2)8-9-15-13(10-14)12-6-4-3-5-7-12/h3-7,11,13H,8-10H2,1-2H3. The van der Waals surface area contributed by atoms with Crippen LogP contribution in [0.4, 0.5) is 0 Å². The van der Waals surface area contributed by atoms with Gasteiger partial charge in [0, 0.05) is 11.9 Å². The molecule has 84 valence electrons. The van der Waals surface area contributed by atoms with Crippen LogP contribution in [0.25, 0.3) is 0 Å². The lowest BCUT2D eigenvalue weighted by atomic mass is 10.1. The van der Waals surface area contributed by atoms with Gasteiger partial charge in [-0.3, -0.25) is 0 Å². The molecular weight excluding hydrogens is 252 g/mol. The third-order valence-electron chi connectivity index (χ3n) is 2.33. The Labute approximate surface area is 101 Å². The number of ether oxygens (including phenoxy) is 1. The Kier molecular flexibility index (Phi) is 5.96. The molecule has 1 rings (SSSR count). The lowest BCUT2D eigenvalue weighted by molar-refractivity contribution is 0.0622. The number of halogens is 1. The fourth-order valence-corrected chi connectivity index (χ4v) is 1.90. The summed E-state index contributed by atoms with van der Waals surface area (Å²) in [5.41, 5.74) is 1.25. The van der Waals surface area contributed by atoms with Crippen molar-refractivity contribution < 1.29 is 4.74 Å². The fourth-order valence-electron chi connectivity index (χ4n) is 1.34. The first kappa shape index (κ1) is 12.7. The van der Waals surface area contributed by atoms with Crippen LogP contribution in [-0.4, -0.2) is 11.9 Å². The van der Waals surface area contributed by atoms with Crippen molar-refractivity contribution in [1.82, 2.24) is 0 Å². The quantitative estimate of drug-likeness (QED) is 0.705. The molecule has 1 unspecified atom stereocenters. The molecule has 0 bridgehead atoms. The summed E-state index contributed by atoms with van der Waals surface area (Å²) in [6.45, 7) is 5.27. The molecule has 15 heavy (non-hydrogen) atoms. The van der Waals surface area contributed by atoms with Crippen LogP contribution >= 0.6 is 15.9 Å². The molecule has 1 aromatic carbocycles. The highest BCUT2D eigenvalue weighted by atomic mass is 79.9. The Morgan fingerprint density at radius 2 is 1.87 bits per heavy atom. The first-order valence-corrected chi connectivity index (χ1v) is 6.58. The third-order valence-corrected chi connectivity index (χ3v) is 2.91. The summed E-state index contributed by atoms with van der Waals surface area (Å²) < 4.78 is 5.84. The minimum atomic E-state index is 0.185. The summed E-state index contributed by atoms with van der Waals surface area (Å²) in [4.78, 5) is 0. The van der Waals surface area contributed by atoms with Gasteiger partial charge < -0.3 is 4.74 Å². The van der Waals surface area contributed by atoms with Crippen LogP contribution in [0.2, 0.25) is 0 Å². The van der Waals surface area contributed by atoms with Gasteiger partial charge in [-0.05, 0) is 17.9 Å². The SMILES string of the molecule is CC(C)CCOC(CBr)c1ccccc1.